The number of anilines is 3. The minimum Gasteiger partial charge on any atom is -0.508 e. The molecule has 0 radical (unpaired) electrons. The van der Waals surface area contributed by atoms with Gasteiger partial charge in [-0.1, -0.05) is 6.07 Å². The third-order valence-electron chi connectivity index (χ3n) is 3.51. The molecule has 6 heteroatoms. The van der Waals surface area contributed by atoms with E-state index in [4.69, 9.17) is 5.11 Å². The van der Waals surface area contributed by atoms with Gasteiger partial charge in [0.25, 0.3) is 0 Å². The van der Waals surface area contributed by atoms with E-state index in [0.717, 1.165) is 24.2 Å². The molecule has 4 N–H and O–H groups in total. The number of aliphatic hydroxyl groups excluding tert-OH is 1. The number of phenolic OH excluding ortho intramolecular Hbond substituents is 1. The van der Waals surface area contributed by atoms with Gasteiger partial charge in [0.2, 0.25) is 5.95 Å². The summed E-state index contributed by atoms with van der Waals surface area (Å²) in [5.74, 6) is 1.88. The van der Waals surface area contributed by atoms with Gasteiger partial charge >= 0.3 is 0 Å². The molecule has 22 heavy (non-hydrogen) atoms. The lowest BCUT2D eigenvalue weighted by Gasteiger charge is -2.14. The quantitative estimate of drug-likeness (QED) is 0.655. The summed E-state index contributed by atoms with van der Waals surface area (Å²) in [6, 6.07) is 8.73. The van der Waals surface area contributed by atoms with Gasteiger partial charge in [0.15, 0.2) is 0 Å². The normalized spacial score (nSPS) is 15.4. The molecule has 0 unspecified atom stereocenters. The van der Waals surface area contributed by atoms with Crippen molar-refractivity contribution in [3.63, 3.8) is 0 Å². The number of hydrogen-bond acceptors (Lipinski definition) is 6. The van der Waals surface area contributed by atoms with E-state index in [-0.39, 0.29) is 18.4 Å². The van der Waals surface area contributed by atoms with E-state index < -0.39 is 0 Å². The number of phenols is 1. The van der Waals surface area contributed by atoms with Crippen LogP contribution in [0.25, 0.3) is 0 Å². The zero-order valence-electron chi connectivity index (χ0n) is 12.5. The zero-order valence-corrected chi connectivity index (χ0v) is 12.5. The minimum atomic E-state index is -0.108. The van der Waals surface area contributed by atoms with Crippen molar-refractivity contribution in [2.45, 2.75) is 31.7 Å². The standard InChI is InChI=1S/C16H20N4O2/c1-10(9-21)17-16-19-14(11-5-6-11)8-15(20-16)18-12-3-2-4-13(22)7-12/h2-4,7-8,10-11,21-22H,5-6,9H2,1H3,(H2,17,18,19,20)/t10-/m1/s1. The Bertz CT molecular complexity index is 658. The van der Waals surface area contributed by atoms with Crippen molar-refractivity contribution in [3.05, 3.63) is 36.0 Å². The Morgan fingerprint density at radius 1 is 1.27 bits per heavy atom. The van der Waals surface area contributed by atoms with E-state index in [1.807, 2.05) is 19.1 Å². The van der Waals surface area contributed by atoms with Crippen LogP contribution in [0.2, 0.25) is 0 Å². The van der Waals surface area contributed by atoms with Gasteiger partial charge in [-0.05, 0) is 31.9 Å². The Hall–Kier alpha value is -2.34. The van der Waals surface area contributed by atoms with Crippen LogP contribution in [0.1, 0.15) is 31.4 Å². The zero-order chi connectivity index (χ0) is 15.5. The Labute approximate surface area is 129 Å². The first kappa shape index (κ1) is 14.6. The van der Waals surface area contributed by atoms with Crippen LogP contribution < -0.4 is 10.6 Å². The molecule has 0 saturated heterocycles. The van der Waals surface area contributed by atoms with Crippen molar-refractivity contribution in [2.24, 2.45) is 0 Å². The highest BCUT2D eigenvalue weighted by Gasteiger charge is 2.26. The molecule has 0 bridgehead atoms. The molecule has 6 nitrogen and oxygen atoms in total. The number of nitrogens with zero attached hydrogens (tertiary/aromatic N) is 2. The fourth-order valence-electron chi connectivity index (χ4n) is 2.18. The first-order chi connectivity index (χ1) is 10.6. The van der Waals surface area contributed by atoms with Gasteiger partial charge in [0.05, 0.1) is 12.3 Å². The molecule has 116 valence electrons. The predicted octanol–water partition coefficient (Wildman–Crippen LogP) is 2.60. The number of hydrogen-bond donors (Lipinski definition) is 4. The molecule has 0 amide bonds. The molecule has 0 aliphatic heterocycles. The van der Waals surface area contributed by atoms with Gasteiger partial charge in [-0.3, -0.25) is 0 Å². The van der Waals surface area contributed by atoms with E-state index in [1.54, 1.807) is 18.2 Å². The number of rotatable bonds is 6. The molecule has 2 aromatic rings. The van der Waals surface area contributed by atoms with Crippen LogP contribution in [-0.4, -0.2) is 32.8 Å². The van der Waals surface area contributed by atoms with E-state index >= 15 is 0 Å². The van der Waals surface area contributed by atoms with Crippen LogP contribution in [0, 0.1) is 0 Å². The molecular formula is C16H20N4O2. The van der Waals surface area contributed by atoms with Crippen molar-refractivity contribution in [1.29, 1.82) is 0 Å². The molecule has 1 atom stereocenters. The maximum atomic E-state index is 9.54. The summed E-state index contributed by atoms with van der Waals surface area (Å²) in [4.78, 5) is 8.95. The first-order valence-electron chi connectivity index (χ1n) is 7.46. The Balaban J connectivity index is 1.85. The van der Waals surface area contributed by atoms with Gasteiger partial charge in [-0.25, -0.2) is 4.98 Å². The highest BCUT2D eigenvalue weighted by molar-refractivity contribution is 5.59. The lowest BCUT2D eigenvalue weighted by Crippen LogP contribution is -2.21. The average molecular weight is 300 g/mol. The summed E-state index contributed by atoms with van der Waals surface area (Å²) in [6.45, 7) is 1.89. The Morgan fingerprint density at radius 3 is 2.77 bits per heavy atom. The van der Waals surface area contributed by atoms with E-state index in [2.05, 4.69) is 20.6 Å². The molecule has 1 aromatic carbocycles. The maximum Gasteiger partial charge on any atom is 0.225 e. The van der Waals surface area contributed by atoms with Crippen LogP contribution in [0.15, 0.2) is 30.3 Å². The molecule has 1 saturated carbocycles. The van der Waals surface area contributed by atoms with Crippen molar-refractivity contribution in [2.75, 3.05) is 17.2 Å². The molecule has 3 rings (SSSR count). The molecule has 1 fully saturated rings. The second kappa shape index (κ2) is 6.19. The summed E-state index contributed by atoms with van der Waals surface area (Å²) in [5, 5.41) is 25.0. The second-order valence-corrected chi connectivity index (χ2v) is 5.68. The van der Waals surface area contributed by atoms with E-state index in [0.29, 0.717) is 17.7 Å². The highest BCUT2D eigenvalue weighted by Crippen LogP contribution is 2.40. The summed E-state index contributed by atoms with van der Waals surface area (Å²) < 4.78 is 0. The molecular weight excluding hydrogens is 280 g/mol. The lowest BCUT2D eigenvalue weighted by atomic mass is 10.2. The van der Waals surface area contributed by atoms with Gasteiger partial charge in [0, 0.05) is 29.8 Å². The summed E-state index contributed by atoms with van der Waals surface area (Å²) in [6.07, 6.45) is 2.30. The van der Waals surface area contributed by atoms with E-state index in [1.165, 1.54) is 0 Å². The molecule has 0 spiro atoms. The van der Waals surface area contributed by atoms with Crippen LogP contribution in [0.3, 0.4) is 0 Å². The average Bonchev–Trinajstić information content (AvgIpc) is 3.31. The number of aromatic nitrogens is 2. The molecule has 1 aliphatic rings. The number of aliphatic hydroxyl groups is 1. The molecule has 1 aliphatic carbocycles. The summed E-state index contributed by atoms with van der Waals surface area (Å²) in [5.41, 5.74) is 1.77. The number of benzene rings is 1. The van der Waals surface area contributed by atoms with Gasteiger partial charge in [0.1, 0.15) is 11.6 Å². The fraction of sp³-hybridized carbons (Fsp3) is 0.375. The third kappa shape index (κ3) is 3.65. The minimum absolute atomic E-state index is 0.0202. The van der Waals surface area contributed by atoms with Crippen molar-refractivity contribution in [1.82, 2.24) is 9.97 Å². The second-order valence-electron chi connectivity index (χ2n) is 5.68. The maximum absolute atomic E-state index is 9.54. The first-order valence-corrected chi connectivity index (χ1v) is 7.46. The van der Waals surface area contributed by atoms with Crippen LogP contribution in [0.4, 0.5) is 17.5 Å². The molecule has 1 aromatic heterocycles. The van der Waals surface area contributed by atoms with Crippen molar-refractivity contribution < 1.29 is 10.2 Å². The van der Waals surface area contributed by atoms with Gasteiger partial charge in [-0.2, -0.15) is 4.98 Å². The van der Waals surface area contributed by atoms with Crippen molar-refractivity contribution >= 4 is 17.5 Å². The lowest BCUT2D eigenvalue weighted by molar-refractivity contribution is 0.281. The molecule has 1 heterocycles. The van der Waals surface area contributed by atoms with Crippen LogP contribution in [0.5, 0.6) is 5.75 Å². The van der Waals surface area contributed by atoms with E-state index in [9.17, 15) is 5.11 Å². The number of nitrogens with one attached hydrogen (secondary N) is 2. The Morgan fingerprint density at radius 2 is 2.09 bits per heavy atom. The monoisotopic (exact) mass is 300 g/mol. The SMILES string of the molecule is C[C@H](CO)Nc1nc(Nc2cccc(O)c2)cc(C2CC2)n1. The largest absolute Gasteiger partial charge is 0.508 e. The van der Waals surface area contributed by atoms with Crippen LogP contribution >= 0.6 is 0 Å². The fourth-order valence-corrected chi connectivity index (χ4v) is 2.18. The number of aromatic hydroxyl groups is 1. The topological polar surface area (TPSA) is 90.3 Å². The summed E-state index contributed by atoms with van der Waals surface area (Å²) in [7, 11) is 0. The predicted molar refractivity (Wildman–Crippen MR) is 85.6 cm³/mol. The smallest absolute Gasteiger partial charge is 0.225 e. The van der Waals surface area contributed by atoms with Crippen LogP contribution in [-0.2, 0) is 0 Å². The van der Waals surface area contributed by atoms with Gasteiger partial charge < -0.3 is 20.8 Å². The highest BCUT2D eigenvalue weighted by atomic mass is 16.3. The van der Waals surface area contributed by atoms with Gasteiger partial charge in [-0.15, -0.1) is 0 Å². The Kier molecular flexibility index (Phi) is 4.11. The third-order valence-corrected chi connectivity index (χ3v) is 3.51. The van der Waals surface area contributed by atoms with Crippen molar-refractivity contribution in [3.8, 4) is 5.75 Å². The summed E-state index contributed by atoms with van der Waals surface area (Å²) >= 11 is 0.